The smallest absolute Gasteiger partial charge is 0.328 e. The van der Waals surface area contributed by atoms with Crippen molar-refractivity contribution in [1.82, 2.24) is 15.5 Å². The van der Waals surface area contributed by atoms with Crippen LogP contribution in [0, 0.1) is 46.3 Å². The minimum absolute atomic E-state index is 0.0830. The Morgan fingerprint density at radius 3 is 2.31 bits per heavy atom. The molecule has 11 atom stereocenters. The summed E-state index contributed by atoms with van der Waals surface area (Å²) in [4.78, 5) is 28.2. The van der Waals surface area contributed by atoms with Gasteiger partial charge in [0.1, 0.15) is 6.04 Å². The van der Waals surface area contributed by atoms with Gasteiger partial charge in [-0.25, -0.2) is 4.79 Å². The largest absolute Gasteiger partial charge is 0.467 e. The van der Waals surface area contributed by atoms with Gasteiger partial charge in [-0.3, -0.25) is 4.79 Å². The Morgan fingerprint density at radius 1 is 0.942 bits per heavy atom. The van der Waals surface area contributed by atoms with Gasteiger partial charge in [0, 0.05) is 18.9 Å². The van der Waals surface area contributed by atoms with Crippen LogP contribution in [0.15, 0.2) is 30.3 Å². The molecule has 0 aliphatic heterocycles. The number of ether oxygens (including phenoxy) is 1. The molecule has 1 amide bonds. The van der Waals surface area contributed by atoms with E-state index in [1.165, 1.54) is 52.1 Å². The van der Waals surface area contributed by atoms with E-state index in [1.54, 1.807) is 0 Å². The number of hydrogen-bond donors (Lipinski definition) is 5. The second-order valence-corrected chi connectivity index (χ2v) is 17.8. The first-order chi connectivity index (χ1) is 25.0. The van der Waals surface area contributed by atoms with Crippen molar-refractivity contribution in [2.45, 2.75) is 129 Å². The predicted molar refractivity (Wildman–Crippen MR) is 209 cm³/mol. The van der Waals surface area contributed by atoms with E-state index < -0.39 is 12.0 Å². The Hall–Kier alpha value is -2.04. The highest BCUT2D eigenvalue weighted by Crippen LogP contribution is 2.68. The molecular weight excluding hydrogens is 651 g/mol. The summed E-state index contributed by atoms with van der Waals surface area (Å²) in [5, 5.41) is 18.8. The van der Waals surface area contributed by atoms with Crippen molar-refractivity contribution < 1.29 is 19.4 Å². The van der Waals surface area contributed by atoms with Crippen molar-refractivity contribution in [3.8, 4) is 0 Å². The Labute approximate surface area is 315 Å². The first-order valence-corrected chi connectivity index (χ1v) is 21.0. The topological polar surface area (TPSA) is 143 Å². The molecule has 0 heterocycles. The molecule has 1 aromatic rings. The molecule has 1 aromatic carbocycles. The van der Waals surface area contributed by atoms with Crippen LogP contribution in [0.5, 0.6) is 0 Å². The number of esters is 1. The van der Waals surface area contributed by atoms with Gasteiger partial charge in [-0.05, 0) is 168 Å². The van der Waals surface area contributed by atoms with Gasteiger partial charge in [-0.15, -0.1) is 0 Å². The summed E-state index contributed by atoms with van der Waals surface area (Å²) < 4.78 is 5.02. The van der Waals surface area contributed by atoms with Crippen LogP contribution in [0.2, 0.25) is 0 Å². The van der Waals surface area contributed by atoms with E-state index in [2.05, 4.69) is 36.3 Å². The summed E-state index contributed by atoms with van der Waals surface area (Å²) >= 11 is 0. The molecule has 4 aliphatic rings. The molecule has 5 rings (SSSR count). The number of aliphatic hydroxyl groups excluding tert-OH is 1. The number of nitrogens with zero attached hydrogens (tertiary/aromatic N) is 1. The quantitative estimate of drug-likeness (QED) is 0.0959. The molecule has 0 unspecified atom stereocenters. The summed E-state index contributed by atoms with van der Waals surface area (Å²) in [5.41, 5.74) is 13.1. The zero-order valence-corrected chi connectivity index (χ0v) is 33.0. The fraction of sp³-hybridized carbons (Fsp3) is 0.814. The standard InChI is InChI=1S/C43H73N5O4/c1-30(13-16-39(50)47-37(41(51)52-4)27-31-11-6-5-7-12-31)34-14-15-35-40-36(18-20-43(34,35)3)42(2)19-17-33(28-32(42)29-38(40)49)46-23-10-26-48(24-8-21-44)25-9-22-45/h5-7,11-12,30,32-38,40,46,49H,8-10,13-29,44-45H2,1-4H3,(H,47,50)/t30-,32+,33+,34-,35+,36+,37+,38-,40+,42+,43-/m1/s1. The minimum Gasteiger partial charge on any atom is -0.467 e. The van der Waals surface area contributed by atoms with Crippen LogP contribution >= 0.6 is 0 Å². The van der Waals surface area contributed by atoms with Gasteiger partial charge in [0.05, 0.1) is 13.2 Å². The van der Waals surface area contributed by atoms with Crippen LogP contribution in [0.4, 0.5) is 0 Å². The zero-order valence-electron chi connectivity index (χ0n) is 33.0. The number of amides is 1. The lowest BCUT2D eigenvalue weighted by Gasteiger charge is -2.62. The zero-order chi connectivity index (χ0) is 37.3. The first kappa shape index (κ1) is 41.1. The summed E-state index contributed by atoms with van der Waals surface area (Å²) in [5.74, 6) is 2.57. The van der Waals surface area contributed by atoms with Gasteiger partial charge in [0.2, 0.25) is 5.91 Å². The van der Waals surface area contributed by atoms with Crippen molar-refractivity contribution in [2.24, 2.45) is 57.8 Å². The second-order valence-electron chi connectivity index (χ2n) is 17.8. The number of nitrogens with one attached hydrogen (secondary N) is 2. The SMILES string of the molecule is COC(=O)[C@H](Cc1ccccc1)NC(=O)CC[C@@H](C)[C@H]1CC[C@H]2[C@@H]3[C@H](O)C[C@@H]4C[C@@H](NCCCN(CCCN)CCCN)CC[C@]4(C)[C@H]3CC[C@]12C. The number of methoxy groups -OCH3 is 1. The molecule has 52 heavy (non-hydrogen) atoms. The Balaban J connectivity index is 1.12. The summed E-state index contributed by atoms with van der Waals surface area (Å²) in [6, 6.07) is 9.63. The third-order valence-corrected chi connectivity index (χ3v) is 14.8. The maximum absolute atomic E-state index is 13.2. The molecule has 0 saturated heterocycles. The van der Waals surface area contributed by atoms with E-state index >= 15 is 0 Å². The first-order valence-electron chi connectivity index (χ1n) is 21.0. The maximum Gasteiger partial charge on any atom is 0.328 e. The van der Waals surface area contributed by atoms with E-state index in [0.717, 1.165) is 76.9 Å². The van der Waals surface area contributed by atoms with Gasteiger partial charge in [0.25, 0.3) is 0 Å². The van der Waals surface area contributed by atoms with Gasteiger partial charge in [-0.2, -0.15) is 0 Å². The normalized spacial score (nSPS) is 33.8. The number of carbonyl (C=O) groups excluding carboxylic acids is 2. The van der Waals surface area contributed by atoms with E-state index in [-0.39, 0.29) is 17.4 Å². The molecule has 4 aliphatic carbocycles. The number of carbonyl (C=O) groups is 2. The predicted octanol–water partition coefficient (Wildman–Crippen LogP) is 5.28. The molecule has 4 saturated carbocycles. The van der Waals surface area contributed by atoms with Crippen molar-refractivity contribution in [3.05, 3.63) is 35.9 Å². The Morgan fingerprint density at radius 2 is 1.62 bits per heavy atom. The van der Waals surface area contributed by atoms with Crippen molar-refractivity contribution in [3.63, 3.8) is 0 Å². The maximum atomic E-state index is 13.2. The lowest BCUT2D eigenvalue weighted by Crippen LogP contribution is -2.59. The fourth-order valence-corrected chi connectivity index (χ4v) is 12.0. The number of nitrogens with two attached hydrogens (primary N) is 2. The molecule has 0 aromatic heterocycles. The number of hydrogen-bond acceptors (Lipinski definition) is 8. The van der Waals surface area contributed by atoms with Crippen LogP contribution in [0.1, 0.15) is 110 Å². The Bertz CT molecular complexity index is 1260. The number of aliphatic hydroxyl groups is 1. The van der Waals surface area contributed by atoms with E-state index in [0.29, 0.717) is 59.8 Å². The molecule has 294 valence electrons. The van der Waals surface area contributed by atoms with Gasteiger partial charge in [-0.1, -0.05) is 51.1 Å². The van der Waals surface area contributed by atoms with Crippen LogP contribution in [-0.2, 0) is 20.7 Å². The molecule has 0 radical (unpaired) electrons. The summed E-state index contributed by atoms with van der Waals surface area (Å²) in [6.45, 7) is 13.2. The average molecular weight is 724 g/mol. The molecule has 9 heteroatoms. The minimum atomic E-state index is -0.684. The second kappa shape index (κ2) is 19.0. The molecule has 7 N–H and O–H groups in total. The van der Waals surface area contributed by atoms with E-state index in [4.69, 9.17) is 16.2 Å². The summed E-state index contributed by atoms with van der Waals surface area (Å²) in [6.07, 6.45) is 14.1. The third kappa shape index (κ3) is 9.60. The van der Waals surface area contributed by atoms with Crippen LogP contribution in [-0.4, -0.2) is 86.4 Å². The molecule has 9 nitrogen and oxygen atoms in total. The highest BCUT2D eigenvalue weighted by atomic mass is 16.5. The lowest BCUT2D eigenvalue weighted by molar-refractivity contribution is -0.167. The van der Waals surface area contributed by atoms with Crippen LogP contribution < -0.4 is 22.1 Å². The number of rotatable bonds is 19. The van der Waals surface area contributed by atoms with E-state index in [9.17, 15) is 14.7 Å². The van der Waals surface area contributed by atoms with Crippen LogP contribution in [0.3, 0.4) is 0 Å². The Kier molecular flexibility index (Phi) is 15.0. The monoisotopic (exact) mass is 724 g/mol. The van der Waals surface area contributed by atoms with Crippen LogP contribution in [0.25, 0.3) is 0 Å². The third-order valence-electron chi connectivity index (χ3n) is 14.8. The fourth-order valence-electron chi connectivity index (χ4n) is 12.0. The summed E-state index contributed by atoms with van der Waals surface area (Å²) in [7, 11) is 1.38. The van der Waals surface area contributed by atoms with Crippen molar-refractivity contribution in [1.29, 1.82) is 0 Å². The van der Waals surface area contributed by atoms with Crippen molar-refractivity contribution >= 4 is 11.9 Å². The lowest BCUT2D eigenvalue weighted by atomic mass is 9.43. The van der Waals surface area contributed by atoms with Crippen molar-refractivity contribution in [2.75, 3.05) is 46.4 Å². The number of benzene rings is 1. The molecular formula is C43H73N5O4. The molecule has 0 spiro atoms. The molecule has 4 fully saturated rings. The van der Waals surface area contributed by atoms with Gasteiger partial charge >= 0.3 is 5.97 Å². The molecule has 0 bridgehead atoms. The van der Waals surface area contributed by atoms with E-state index in [1.807, 2.05) is 30.3 Å². The van der Waals surface area contributed by atoms with Gasteiger partial charge < -0.3 is 36.8 Å². The number of fused-ring (bicyclic) bond motifs is 5. The average Bonchev–Trinajstić information content (AvgIpc) is 3.50. The highest BCUT2D eigenvalue weighted by molar-refractivity contribution is 5.84. The van der Waals surface area contributed by atoms with Gasteiger partial charge in [0.15, 0.2) is 0 Å². The highest BCUT2D eigenvalue weighted by Gasteiger charge is 2.62.